The molecular weight excluding hydrogens is 292 g/mol. The number of nitrogens with one attached hydrogen (secondary N) is 1. The van der Waals surface area contributed by atoms with E-state index in [1.807, 2.05) is 45.9 Å². The van der Waals surface area contributed by atoms with Crippen LogP contribution in [0.15, 0.2) is 22.7 Å². The van der Waals surface area contributed by atoms with E-state index in [1.165, 1.54) is 0 Å². The quantitative estimate of drug-likeness (QED) is 0.898. The molecule has 0 aliphatic heterocycles. The third-order valence-electron chi connectivity index (χ3n) is 2.84. The van der Waals surface area contributed by atoms with Crippen LogP contribution in [-0.2, 0) is 4.79 Å². The van der Waals surface area contributed by atoms with Crippen LogP contribution in [0.4, 0.5) is 5.69 Å². The number of benzene rings is 1. The maximum absolute atomic E-state index is 11.9. The molecule has 0 fully saturated rings. The number of anilines is 1. The van der Waals surface area contributed by atoms with Crippen molar-refractivity contribution < 1.29 is 4.79 Å². The van der Waals surface area contributed by atoms with Crippen molar-refractivity contribution in [2.75, 3.05) is 5.32 Å². The number of amides is 1. The van der Waals surface area contributed by atoms with E-state index in [9.17, 15) is 4.79 Å². The Balaban J connectivity index is 2.65. The van der Waals surface area contributed by atoms with E-state index in [1.54, 1.807) is 0 Å². The zero-order chi connectivity index (χ0) is 13.9. The Labute approximate surface area is 117 Å². The fraction of sp³-hybridized carbons (Fsp3) is 0.500. The van der Waals surface area contributed by atoms with Crippen LogP contribution in [0.1, 0.15) is 32.8 Å². The number of hydrogen-bond donors (Lipinski definition) is 2. The van der Waals surface area contributed by atoms with Crippen LogP contribution in [0, 0.1) is 12.3 Å². The van der Waals surface area contributed by atoms with Crippen molar-refractivity contribution in [2.24, 2.45) is 11.1 Å². The van der Waals surface area contributed by atoms with Crippen LogP contribution in [0.5, 0.6) is 0 Å². The van der Waals surface area contributed by atoms with Crippen molar-refractivity contribution in [2.45, 2.75) is 40.2 Å². The SMILES string of the molecule is Cc1cc(Br)cc(NC(=O)CC(N)C(C)(C)C)c1. The summed E-state index contributed by atoms with van der Waals surface area (Å²) in [5.74, 6) is -0.0464. The highest BCUT2D eigenvalue weighted by Crippen LogP contribution is 2.22. The molecule has 0 saturated carbocycles. The summed E-state index contributed by atoms with van der Waals surface area (Å²) in [7, 11) is 0. The lowest BCUT2D eigenvalue weighted by molar-refractivity contribution is -0.117. The summed E-state index contributed by atoms with van der Waals surface area (Å²) in [5.41, 5.74) is 7.83. The molecule has 0 aliphatic rings. The summed E-state index contributed by atoms with van der Waals surface area (Å²) in [6.07, 6.45) is 0.328. The topological polar surface area (TPSA) is 55.1 Å². The molecule has 1 aromatic rings. The average molecular weight is 313 g/mol. The summed E-state index contributed by atoms with van der Waals surface area (Å²) >= 11 is 3.41. The lowest BCUT2D eigenvalue weighted by Gasteiger charge is -2.26. The molecule has 18 heavy (non-hydrogen) atoms. The zero-order valence-corrected chi connectivity index (χ0v) is 13.0. The van der Waals surface area contributed by atoms with Gasteiger partial charge in [-0.05, 0) is 36.1 Å². The largest absolute Gasteiger partial charge is 0.327 e. The van der Waals surface area contributed by atoms with Gasteiger partial charge < -0.3 is 11.1 Å². The smallest absolute Gasteiger partial charge is 0.225 e. The second-order valence-corrected chi connectivity index (χ2v) is 6.66. The van der Waals surface area contributed by atoms with Gasteiger partial charge in [0.2, 0.25) is 5.91 Å². The van der Waals surface area contributed by atoms with Crippen LogP contribution < -0.4 is 11.1 Å². The minimum atomic E-state index is -0.147. The molecule has 1 rings (SSSR count). The van der Waals surface area contributed by atoms with Gasteiger partial charge in [0.1, 0.15) is 0 Å². The van der Waals surface area contributed by atoms with Crippen molar-refractivity contribution in [1.82, 2.24) is 0 Å². The Kier molecular flexibility index (Phi) is 4.93. The van der Waals surface area contributed by atoms with E-state index in [-0.39, 0.29) is 17.4 Å². The summed E-state index contributed by atoms with van der Waals surface area (Å²) in [5, 5.41) is 2.88. The van der Waals surface area contributed by atoms with Gasteiger partial charge in [-0.25, -0.2) is 0 Å². The van der Waals surface area contributed by atoms with Crippen LogP contribution in [0.2, 0.25) is 0 Å². The molecule has 3 nitrogen and oxygen atoms in total. The lowest BCUT2D eigenvalue weighted by atomic mass is 9.85. The summed E-state index contributed by atoms with van der Waals surface area (Å²) in [4.78, 5) is 11.9. The Morgan fingerprint density at radius 1 is 1.39 bits per heavy atom. The maximum Gasteiger partial charge on any atom is 0.225 e. The fourth-order valence-electron chi connectivity index (χ4n) is 1.53. The number of rotatable bonds is 3. The predicted molar refractivity (Wildman–Crippen MR) is 79.6 cm³/mol. The molecule has 1 aromatic carbocycles. The molecule has 0 heterocycles. The molecule has 0 spiro atoms. The highest BCUT2D eigenvalue weighted by molar-refractivity contribution is 9.10. The van der Waals surface area contributed by atoms with Gasteiger partial charge in [-0.1, -0.05) is 36.7 Å². The maximum atomic E-state index is 11.9. The second-order valence-electron chi connectivity index (χ2n) is 5.74. The minimum absolute atomic E-state index is 0.0464. The molecule has 1 atom stereocenters. The van der Waals surface area contributed by atoms with Gasteiger partial charge in [-0.15, -0.1) is 0 Å². The number of carbonyl (C=O) groups excluding carboxylic acids is 1. The van der Waals surface area contributed by atoms with E-state index >= 15 is 0 Å². The number of hydrogen-bond acceptors (Lipinski definition) is 2. The van der Waals surface area contributed by atoms with Crippen LogP contribution in [0.25, 0.3) is 0 Å². The van der Waals surface area contributed by atoms with E-state index in [2.05, 4.69) is 21.2 Å². The first kappa shape index (κ1) is 15.2. The van der Waals surface area contributed by atoms with Gasteiger partial charge in [0.05, 0.1) is 0 Å². The molecule has 0 aliphatic carbocycles. The molecule has 1 unspecified atom stereocenters. The molecule has 100 valence electrons. The molecule has 0 saturated heterocycles. The van der Waals surface area contributed by atoms with Crippen LogP contribution >= 0.6 is 15.9 Å². The number of aryl methyl sites for hydroxylation is 1. The Hall–Kier alpha value is -0.870. The number of halogens is 1. The highest BCUT2D eigenvalue weighted by atomic mass is 79.9. The zero-order valence-electron chi connectivity index (χ0n) is 11.4. The van der Waals surface area contributed by atoms with Gasteiger partial charge >= 0.3 is 0 Å². The molecule has 0 bridgehead atoms. The van der Waals surface area contributed by atoms with E-state index in [0.717, 1.165) is 15.7 Å². The Bertz CT molecular complexity index is 418. The number of carbonyl (C=O) groups is 1. The first-order chi connectivity index (χ1) is 8.18. The predicted octanol–water partition coefficient (Wildman–Crippen LogP) is 3.46. The van der Waals surface area contributed by atoms with Crippen molar-refractivity contribution >= 4 is 27.5 Å². The van der Waals surface area contributed by atoms with Crippen molar-refractivity contribution in [3.05, 3.63) is 28.2 Å². The highest BCUT2D eigenvalue weighted by Gasteiger charge is 2.23. The second kappa shape index (κ2) is 5.85. The molecule has 1 amide bonds. The Morgan fingerprint density at radius 2 is 2.00 bits per heavy atom. The number of nitrogens with two attached hydrogens (primary N) is 1. The van der Waals surface area contributed by atoms with Crippen molar-refractivity contribution in [1.29, 1.82) is 0 Å². The first-order valence-electron chi connectivity index (χ1n) is 6.01. The minimum Gasteiger partial charge on any atom is -0.327 e. The van der Waals surface area contributed by atoms with Crippen LogP contribution in [-0.4, -0.2) is 11.9 Å². The standard InChI is InChI=1S/C14H21BrN2O/c1-9-5-10(15)7-11(6-9)17-13(18)8-12(16)14(2,3)4/h5-7,12H,8,16H2,1-4H3,(H,17,18). The van der Waals surface area contributed by atoms with Gasteiger partial charge in [-0.2, -0.15) is 0 Å². The molecule has 4 heteroatoms. The van der Waals surface area contributed by atoms with E-state index in [4.69, 9.17) is 5.73 Å². The average Bonchev–Trinajstić information content (AvgIpc) is 2.13. The molecule has 0 aromatic heterocycles. The van der Waals surface area contributed by atoms with Gasteiger partial charge in [0, 0.05) is 22.6 Å². The third-order valence-corrected chi connectivity index (χ3v) is 3.30. The van der Waals surface area contributed by atoms with E-state index < -0.39 is 0 Å². The van der Waals surface area contributed by atoms with Crippen molar-refractivity contribution in [3.63, 3.8) is 0 Å². The lowest BCUT2D eigenvalue weighted by Crippen LogP contribution is -2.38. The third kappa shape index (κ3) is 4.78. The fourth-order valence-corrected chi connectivity index (χ4v) is 2.13. The van der Waals surface area contributed by atoms with Gasteiger partial charge in [-0.3, -0.25) is 4.79 Å². The Morgan fingerprint density at radius 3 is 2.50 bits per heavy atom. The summed E-state index contributed by atoms with van der Waals surface area (Å²) < 4.78 is 0.956. The normalized spacial score (nSPS) is 13.2. The van der Waals surface area contributed by atoms with Crippen molar-refractivity contribution in [3.8, 4) is 0 Å². The molecule has 3 N–H and O–H groups in total. The summed E-state index contributed by atoms with van der Waals surface area (Å²) in [6, 6.07) is 5.67. The van der Waals surface area contributed by atoms with Crippen LogP contribution in [0.3, 0.4) is 0 Å². The monoisotopic (exact) mass is 312 g/mol. The first-order valence-corrected chi connectivity index (χ1v) is 6.80. The molecule has 0 radical (unpaired) electrons. The van der Waals surface area contributed by atoms with Gasteiger partial charge in [0.15, 0.2) is 0 Å². The van der Waals surface area contributed by atoms with Gasteiger partial charge in [0.25, 0.3) is 0 Å². The molecular formula is C14H21BrN2O. The van der Waals surface area contributed by atoms with E-state index in [0.29, 0.717) is 6.42 Å². The summed E-state index contributed by atoms with van der Waals surface area (Å²) in [6.45, 7) is 8.10.